The number of aromatic amines is 1. The molecular weight excluding hydrogens is 386 g/mol. The summed E-state index contributed by atoms with van der Waals surface area (Å²) in [5, 5.41) is 18.0. The number of pyridine rings is 1. The Morgan fingerprint density at radius 2 is 1.90 bits per heavy atom. The average Bonchev–Trinajstić information content (AvgIpc) is 3.23. The van der Waals surface area contributed by atoms with Gasteiger partial charge in [0.25, 0.3) is 11.7 Å². The molecule has 0 aromatic carbocycles. The Labute approximate surface area is 174 Å². The number of rotatable bonds is 5. The predicted octanol–water partition coefficient (Wildman–Crippen LogP) is 1.18. The van der Waals surface area contributed by atoms with Gasteiger partial charge in [-0.1, -0.05) is 0 Å². The van der Waals surface area contributed by atoms with Crippen molar-refractivity contribution in [2.24, 2.45) is 0 Å². The van der Waals surface area contributed by atoms with Gasteiger partial charge in [0.15, 0.2) is 0 Å². The lowest BCUT2D eigenvalue weighted by Gasteiger charge is -2.30. The molecular formula is C21H25N5O4. The molecule has 4 heterocycles. The highest BCUT2D eigenvalue weighted by molar-refractivity contribution is 6.46. The highest BCUT2D eigenvalue weighted by Crippen LogP contribution is 2.39. The van der Waals surface area contributed by atoms with Gasteiger partial charge in [0.1, 0.15) is 5.76 Å². The first-order chi connectivity index (χ1) is 14.5. The van der Waals surface area contributed by atoms with Gasteiger partial charge in [-0.3, -0.25) is 24.6 Å². The van der Waals surface area contributed by atoms with Crippen LogP contribution in [0.25, 0.3) is 5.76 Å². The molecule has 0 saturated carbocycles. The quantitative estimate of drug-likeness (QED) is 0.432. The van der Waals surface area contributed by atoms with E-state index in [1.807, 2.05) is 0 Å². The monoisotopic (exact) mass is 411 g/mol. The lowest BCUT2D eigenvalue weighted by molar-refractivity contribution is -0.140. The van der Waals surface area contributed by atoms with Crippen molar-refractivity contribution in [2.75, 3.05) is 39.4 Å². The van der Waals surface area contributed by atoms with Gasteiger partial charge in [-0.15, -0.1) is 0 Å². The lowest BCUT2D eigenvalue weighted by atomic mass is 9.95. The van der Waals surface area contributed by atoms with Crippen LogP contribution in [-0.4, -0.2) is 81.2 Å². The number of aromatic nitrogens is 3. The van der Waals surface area contributed by atoms with Crippen molar-refractivity contribution in [3.8, 4) is 0 Å². The summed E-state index contributed by atoms with van der Waals surface area (Å²) in [5.74, 6) is -1.49. The van der Waals surface area contributed by atoms with E-state index in [0.717, 1.165) is 18.7 Å². The number of hydrogen-bond donors (Lipinski definition) is 2. The predicted molar refractivity (Wildman–Crippen MR) is 109 cm³/mol. The number of carbonyl (C=O) groups is 2. The van der Waals surface area contributed by atoms with Crippen LogP contribution in [0.3, 0.4) is 0 Å². The Bertz CT molecular complexity index is 959. The molecule has 2 fully saturated rings. The van der Waals surface area contributed by atoms with Crippen molar-refractivity contribution >= 4 is 17.4 Å². The number of likely N-dealkylation sites (tertiary alicyclic amines) is 1. The minimum absolute atomic E-state index is 0.0841. The topological polar surface area (TPSA) is 112 Å². The fourth-order valence-corrected chi connectivity index (χ4v) is 4.11. The third-order valence-electron chi connectivity index (χ3n) is 5.69. The van der Waals surface area contributed by atoms with Gasteiger partial charge in [0.2, 0.25) is 0 Å². The van der Waals surface area contributed by atoms with Crippen molar-refractivity contribution < 1.29 is 19.4 Å². The molecule has 1 amide bonds. The van der Waals surface area contributed by atoms with E-state index in [1.54, 1.807) is 43.3 Å². The number of hydrogen-bond acceptors (Lipinski definition) is 7. The van der Waals surface area contributed by atoms with E-state index in [0.29, 0.717) is 43.3 Å². The maximum Gasteiger partial charge on any atom is 0.295 e. The number of carbonyl (C=O) groups excluding carboxylic acids is 2. The number of morpholine rings is 1. The Balaban J connectivity index is 1.74. The van der Waals surface area contributed by atoms with Gasteiger partial charge in [-0.25, -0.2) is 0 Å². The molecule has 2 aromatic heterocycles. The third-order valence-corrected chi connectivity index (χ3v) is 5.69. The van der Waals surface area contributed by atoms with Crippen LogP contribution < -0.4 is 0 Å². The average molecular weight is 411 g/mol. The Morgan fingerprint density at radius 1 is 1.20 bits per heavy atom. The largest absolute Gasteiger partial charge is 0.507 e. The number of amides is 1. The molecule has 9 heteroatoms. The molecule has 0 bridgehead atoms. The van der Waals surface area contributed by atoms with Crippen LogP contribution >= 0.6 is 0 Å². The molecule has 9 nitrogen and oxygen atoms in total. The fourth-order valence-electron chi connectivity index (χ4n) is 4.11. The highest BCUT2D eigenvalue weighted by Gasteiger charge is 2.46. The van der Waals surface area contributed by atoms with Crippen LogP contribution in [-0.2, 0) is 14.3 Å². The van der Waals surface area contributed by atoms with E-state index in [1.165, 1.54) is 0 Å². The molecule has 1 atom stereocenters. The first-order valence-electron chi connectivity index (χ1n) is 9.99. The van der Waals surface area contributed by atoms with Crippen LogP contribution in [0.5, 0.6) is 0 Å². The summed E-state index contributed by atoms with van der Waals surface area (Å²) >= 11 is 0. The molecule has 2 aliphatic rings. The second kappa shape index (κ2) is 8.37. The fraction of sp³-hybridized carbons (Fsp3) is 0.429. The van der Waals surface area contributed by atoms with Crippen molar-refractivity contribution in [3.63, 3.8) is 0 Å². The molecule has 30 heavy (non-hydrogen) atoms. The molecule has 0 aliphatic carbocycles. The van der Waals surface area contributed by atoms with Gasteiger partial charge in [0, 0.05) is 44.3 Å². The van der Waals surface area contributed by atoms with E-state index in [-0.39, 0.29) is 11.3 Å². The molecule has 0 spiro atoms. The van der Waals surface area contributed by atoms with E-state index in [2.05, 4.69) is 20.1 Å². The maximum atomic E-state index is 13.0. The Morgan fingerprint density at radius 3 is 2.53 bits per heavy atom. The molecule has 2 N–H and O–H groups in total. The van der Waals surface area contributed by atoms with Crippen molar-refractivity contribution in [1.82, 2.24) is 25.0 Å². The summed E-state index contributed by atoms with van der Waals surface area (Å²) in [6, 6.07) is 2.85. The summed E-state index contributed by atoms with van der Waals surface area (Å²) in [6.45, 7) is 7.41. The van der Waals surface area contributed by atoms with Gasteiger partial charge in [-0.05, 0) is 31.5 Å². The second-order valence-electron chi connectivity index (χ2n) is 7.54. The van der Waals surface area contributed by atoms with Crippen LogP contribution in [0.15, 0.2) is 30.1 Å². The third kappa shape index (κ3) is 3.61. The highest BCUT2D eigenvalue weighted by atomic mass is 16.5. The number of nitrogens with one attached hydrogen (secondary N) is 1. The van der Waals surface area contributed by atoms with E-state index < -0.39 is 17.7 Å². The van der Waals surface area contributed by atoms with Crippen molar-refractivity contribution in [2.45, 2.75) is 19.9 Å². The van der Waals surface area contributed by atoms with E-state index in [9.17, 15) is 14.7 Å². The number of ether oxygens (including phenoxy) is 1. The number of aliphatic hydroxyl groups excluding tert-OH is 1. The summed E-state index contributed by atoms with van der Waals surface area (Å²) in [6.07, 6.45) is 3.23. The molecule has 4 rings (SSSR count). The summed E-state index contributed by atoms with van der Waals surface area (Å²) in [7, 11) is 0. The second-order valence-corrected chi connectivity index (χ2v) is 7.54. The SMILES string of the molecule is Cc1n[nH]c(C)c1/C(O)=C1\C(=O)C(=O)N(CCN2CCOCC2)[C@H]1c1ccncc1. The first kappa shape index (κ1) is 20.2. The minimum Gasteiger partial charge on any atom is -0.507 e. The number of aliphatic hydroxyl groups is 1. The standard InChI is InChI=1S/C21H25N5O4/c1-13-16(14(2)24-23-13)19(27)17-18(15-3-5-22-6-4-15)26(21(29)20(17)28)8-7-25-9-11-30-12-10-25/h3-6,18,27H,7-12H2,1-2H3,(H,23,24)/b19-17+/t18-/m0/s1. The van der Waals surface area contributed by atoms with Crippen molar-refractivity contribution in [1.29, 1.82) is 0 Å². The Hall–Kier alpha value is -3.04. The first-order valence-corrected chi connectivity index (χ1v) is 9.99. The number of ketones is 1. The van der Waals surface area contributed by atoms with Crippen LogP contribution in [0.1, 0.15) is 28.6 Å². The number of Topliss-reactive ketones (excluding diaryl/α,β-unsaturated/α-hetero) is 1. The van der Waals surface area contributed by atoms with Crippen LogP contribution in [0.4, 0.5) is 0 Å². The van der Waals surface area contributed by atoms with Gasteiger partial charge in [-0.2, -0.15) is 5.10 Å². The minimum atomic E-state index is -0.684. The lowest BCUT2D eigenvalue weighted by Crippen LogP contribution is -2.42. The van der Waals surface area contributed by atoms with Gasteiger partial charge >= 0.3 is 0 Å². The molecule has 2 saturated heterocycles. The zero-order valence-electron chi connectivity index (χ0n) is 17.1. The Kier molecular flexibility index (Phi) is 5.65. The molecule has 2 aromatic rings. The van der Waals surface area contributed by atoms with Gasteiger partial charge in [0.05, 0.1) is 36.1 Å². The molecule has 0 unspecified atom stereocenters. The van der Waals surface area contributed by atoms with E-state index in [4.69, 9.17) is 4.74 Å². The summed E-state index contributed by atoms with van der Waals surface area (Å²) in [5.41, 5.74) is 2.48. The number of nitrogens with zero attached hydrogens (tertiary/aromatic N) is 4. The zero-order valence-corrected chi connectivity index (χ0v) is 17.1. The van der Waals surface area contributed by atoms with Crippen LogP contribution in [0.2, 0.25) is 0 Å². The molecule has 2 aliphatic heterocycles. The number of H-pyrrole nitrogens is 1. The molecule has 158 valence electrons. The van der Waals surface area contributed by atoms with Crippen LogP contribution in [0, 0.1) is 13.8 Å². The number of aryl methyl sites for hydroxylation is 2. The maximum absolute atomic E-state index is 13.0. The zero-order chi connectivity index (χ0) is 21.3. The smallest absolute Gasteiger partial charge is 0.295 e. The van der Waals surface area contributed by atoms with E-state index >= 15 is 0 Å². The normalized spacial score (nSPS) is 22.1. The summed E-state index contributed by atoms with van der Waals surface area (Å²) < 4.78 is 5.38. The summed E-state index contributed by atoms with van der Waals surface area (Å²) in [4.78, 5) is 33.8. The van der Waals surface area contributed by atoms with Crippen molar-refractivity contribution in [3.05, 3.63) is 52.6 Å². The molecule has 0 radical (unpaired) electrons. The van der Waals surface area contributed by atoms with Gasteiger partial charge < -0.3 is 14.7 Å².